The number of fused-ring (bicyclic) bond motifs is 1. The number of nitrogens with zero attached hydrogens (tertiary/aromatic N) is 3. The molecular weight excluding hydrogens is 423 g/mol. The van der Waals surface area contributed by atoms with Gasteiger partial charge in [0, 0.05) is 28.5 Å². The molecule has 0 saturated heterocycles. The second-order valence-electron chi connectivity index (χ2n) is 7.33. The molecule has 3 aromatic rings. The Labute approximate surface area is 182 Å². The number of halogens is 2. The monoisotopic (exact) mass is 440 g/mol. The van der Waals surface area contributed by atoms with Gasteiger partial charge in [0.25, 0.3) is 0 Å². The molecule has 5 nitrogen and oxygen atoms in total. The van der Waals surface area contributed by atoms with E-state index in [0.29, 0.717) is 28.3 Å². The molecule has 2 heterocycles. The van der Waals surface area contributed by atoms with Crippen molar-refractivity contribution in [1.82, 2.24) is 14.8 Å². The molecule has 0 bridgehead atoms. The number of anilines is 1. The fourth-order valence-corrected chi connectivity index (χ4v) is 4.82. The van der Waals surface area contributed by atoms with Gasteiger partial charge in [-0.15, -0.1) is 5.10 Å². The van der Waals surface area contributed by atoms with Gasteiger partial charge in [-0.25, -0.2) is 9.07 Å². The van der Waals surface area contributed by atoms with E-state index in [1.54, 1.807) is 10.7 Å². The van der Waals surface area contributed by atoms with Crippen molar-refractivity contribution < 1.29 is 9.18 Å². The second-order valence-corrected chi connectivity index (χ2v) is 8.71. The SMILES string of the molecule is O=C1CCCC2=C1[C@H](c1ccc(Cl)cc1)n1nc(SCc3cccc(F)c3)nc1N2. The average Bonchev–Trinajstić information content (AvgIpc) is 3.14. The van der Waals surface area contributed by atoms with Crippen LogP contribution in [0, 0.1) is 5.82 Å². The number of nitrogens with one attached hydrogen (secondary N) is 1. The zero-order valence-corrected chi connectivity index (χ0v) is 17.5. The molecule has 0 fully saturated rings. The van der Waals surface area contributed by atoms with Crippen LogP contribution in [0.4, 0.5) is 10.3 Å². The summed E-state index contributed by atoms with van der Waals surface area (Å²) in [6, 6.07) is 13.7. The highest BCUT2D eigenvalue weighted by Gasteiger charge is 2.36. The molecule has 1 aromatic heterocycles. The third kappa shape index (κ3) is 3.63. The maximum absolute atomic E-state index is 13.5. The second kappa shape index (κ2) is 7.89. The number of carbonyl (C=O) groups excluding carboxylic acids is 1. The van der Waals surface area contributed by atoms with Crippen molar-refractivity contribution in [1.29, 1.82) is 0 Å². The first-order valence-corrected chi connectivity index (χ1v) is 11.1. The number of Topliss-reactive ketones (excluding diaryl/α,β-unsaturated/α-hetero) is 1. The summed E-state index contributed by atoms with van der Waals surface area (Å²) in [5.74, 6) is 1.05. The van der Waals surface area contributed by atoms with E-state index >= 15 is 0 Å². The number of carbonyl (C=O) groups is 1. The molecule has 1 atom stereocenters. The first kappa shape index (κ1) is 19.3. The molecule has 5 rings (SSSR count). The number of thioether (sulfide) groups is 1. The summed E-state index contributed by atoms with van der Waals surface area (Å²) >= 11 is 7.51. The molecule has 8 heteroatoms. The summed E-state index contributed by atoms with van der Waals surface area (Å²) in [4.78, 5) is 17.4. The van der Waals surface area contributed by atoms with Crippen molar-refractivity contribution in [2.24, 2.45) is 0 Å². The highest BCUT2D eigenvalue weighted by molar-refractivity contribution is 7.98. The zero-order chi connectivity index (χ0) is 20.7. The van der Waals surface area contributed by atoms with Gasteiger partial charge < -0.3 is 5.32 Å². The van der Waals surface area contributed by atoms with E-state index in [1.165, 1.54) is 23.9 Å². The van der Waals surface area contributed by atoms with Crippen molar-refractivity contribution in [3.63, 3.8) is 0 Å². The van der Waals surface area contributed by atoms with E-state index in [0.717, 1.165) is 35.2 Å². The van der Waals surface area contributed by atoms with Crippen molar-refractivity contribution >= 4 is 35.1 Å². The van der Waals surface area contributed by atoms with Crippen LogP contribution in [-0.2, 0) is 10.5 Å². The van der Waals surface area contributed by atoms with Crippen molar-refractivity contribution in [3.05, 3.63) is 81.8 Å². The van der Waals surface area contributed by atoms with Crippen LogP contribution in [-0.4, -0.2) is 20.5 Å². The maximum Gasteiger partial charge on any atom is 0.227 e. The van der Waals surface area contributed by atoms with Gasteiger partial charge in [-0.2, -0.15) is 4.98 Å². The topological polar surface area (TPSA) is 59.8 Å². The molecule has 0 spiro atoms. The Hall–Kier alpha value is -2.64. The first-order valence-electron chi connectivity index (χ1n) is 9.71. The van der Waals surface area contributed by atoms with Crippen molar-refractivity contribution in [3.8, 4) is 0 Å². The molecule has 2 aliphatic rings. The minimum atomic E-state index is -0.336. The number of benzene rings is 2. The Morgan fingerprint density at radius 1 is 1.20 bits per heavy atom. The molecule has 152 valence electrons. The smallest absolute Gasteiger partial charge is 0.227 e. The predicted octanol–water partition coefficient (Wildman–Crippen LogP) is 5.38. The number of allylic oxidation sites excluding steroid dienone is 2. The fraction of sp³-hybridized carbons (Fsp3) is 0.227. The van der Waals surface area contributed by atoms with Crippen LogP contribution >= 0.6 is 23.4 Å². The Morgan fingerprint density at radius 2 is 2.03 bits per heavy atom. The Kier molecular flexibility index (Phi) is 5.08. The summed E-state index contributed by atoms with van der Waals surface area (Å²) in [7, 11) is 0. The van der Waals surface area contributed by atoms with Crippen LogP contribution in [0.15, 0.2) is 65.0 Å². The number of aromatic nitrogens is 3. The summed E-state index contributed by atoms with van der Waals surface area (Å²) in [5.41, 5.74) is 3.48. The molecule has 1 N–H and O–H groups in total. The Bertz CT molecular complexity index is 1160. The third-order valence-corrected chi connectivity index (χ3v) is 6.45. The van der Waals surface area contributed by atoms with Gasteiger partial charge >= 0.3 is 0 Å². The lowest BCUT2D eigenvalue weighted by Crippen LogP contribution is -2.31. The van der Waals surface area contributed by atoms with E-state index in [2.05, 4.69) is 15.4 Å². The van der Waals surface area contributed by atoms with E-state index in [9.17, 15) is 9.18 Å². The summed E-state index contributed by atoms with van der Waals surface area (Å²) < 4.78 is 15.2. The average molecular weight is 441 g/mol. The number of rotatable bonds is 4. The lowest BCUT2D eigenvalue weighted by molar-refractivity contribution is -0.116. The minimum absolute atomic E-state index is 0.138. The van der Waals surface area contributed by atoms with Crippen molar-refractivity contribution in [2.75, 3.05) is 5.32 Å². The van der Waals surface area contributed by atoms with Gasteiger partial charge in [0.1, 0.15) is 11.9 Å². The highest BCUT2D eigenvalue weighted by atomic mass is 35.5. The first-order chi connectivity index (χ1) is 14.6. The zero-order valence-electron chi connectivity index (χ0n) is 15.9. The molecule has 1 aliphatic heterocycles. The Balaban J connectivity index is 1.50. The molecule has 0 amide bonds. The number of hydrogen-bond acceptors (Lipinski definition) is 5. The molecular formula is C22H18ClFN4OS. The number of ketones is 1. The van der Waals surface area contributed by atoms with Gasteiger partial charge in [0.15, 0.2) is 5.78 Å². The van der Waals surface area contributed by atoms with E-state index in [4.69, 9.17) is 11.6 Å². The van der Waals surface area contributed by atoms with Crippen LogP contribution < -0.4 is 5.32 Å². The lowest BCUT2D eigenvalue weighted by atomic mass is 9.85. The number of hydrogen-bond donors (Lipinski definition) is 1. The molecule has 30 heavy (non-hydrogen) atoms. The van der Waals surface area contributed by atoms with Gasteiger partial charge in [-0.3, -0.25) is 4.79 Å². The van der Waals surface area contributed by atoms with E-state index < -0.39 is 0 Å². The third-order valence-electron chi connectivity index (χ3n) is 5.29. The standard InChI is InChI=1S/C22H18ClFN4OS/c23-15-9-7-14(8-10-15)20-19-17(5-2-6-18(19)29)25-21-26-22(27-28(20)21)30-12-13-3-1-4-16(24)11-13/h1,3-4,7-11,20H,2,5-6,12H2,(H,25,26,27)/t20-/m0/s1. The predicted molar refractivity (Wildman–Crippen MR) is 115 cm³/mol. The van der Waals surface area contributed by atoms with Crippen LogP contribution in [0.5, 0.6) is 0 Å². The lowest BCUT2D eigenvalue weighted by Gasteiger charge is -2.32. The van der Waals surface area contributed by atoms with Crippen LogP contribution in [0.25, 0.3) is 0 Å². The Morgan fingerprint density at radius 3 is 2.83 bits per heavy atom. The van der Waals surface area contributed by atoms with Crippen LogP contribution in [0.1, 0.15) is 36.4 Å². The van der Waals surface area contributed by atoms with E-state index in [1.807, 2.05) is 30.3 Å². The van der Waals surface area contributed by atoms with Crippen LogP contribution in [0.3, 0.4) is 0 Å². The molecule has 1 aliphatic carbocycles. The van der Waals surface area contributed by atoms with Gasteiger partial charge in [-0.1, -0.05) is 47.6 Å². The summed E-state index contributed by atoms with van der Waals surface area (Å²) in [6.07, 6.45) is 2.17. The fourth-order valence-electron chi connectivity index (χ4n) is 3.93. The quantitative estimate of drug-likeness (QED) is 0.551. The van der Waals surface area contributed by atoms with Crippen molar-refractivity contribution in [2.45, 2.75) is 36.2 Å². The van der Waals surface area contributed by atoms with Crippen LogP contribution in [0.2, 0.25) is 5.02 Å². The molecule has 0 radical (unpaired) electrons. The van der Waals surface area contributed by atoms with Gasteiger partial charge in [0.2, 0.25) is 11.1 Å². The maximum atomic E-state index is 13.5. The summed E-state index contributed by atoms with van der Waals surface area (Å²) in [6.45, 7) is 0. The molecule has 2 aromatic carbocycles. The largest absolute Gasteiger partial charge is 0.328 e. The normalized spacial score (nSPS) is 18.1. The summed E-state index contributed by atoms with van der Waals surface area (Å²) in [5, 5.41) is 9.22. The minimum Gasteiger partial charge on any atom is -0.328 e. The van der Waals surface area contributed by atoms with Gasteiger partial charge in [0.05, 0.1) is 0 Å². The molecule has 0 saturated carbocycles. The molecule has 0 unspecified atom stereocenters. The highest BCUT2D eigenvalue weighted by Crippen LogP contribution is 2.40. The van der Waals surface area contributed by atoms with E-state index in [-0.39, 0.29) is 17.6 Å². The van der Waals surface area contributed by atoms with Gasteiger partial charge in [-0.05, 0) is 48.2 Å².